The molecule has 5 rings (SSSR count). The molecule has 6 nitrogen and oxygen atoms in total. The summed E-state index contributed by atoms with van der Waals surface area (Å²) < 4.78 is 0. The summed E-state index contributed by atoms with van der Waals surface area (Å²) in [7, 11) is 0. The molecule has 0 unspecified atom stereocenters. The highest BCUT2D eigenvalue weighted by Crippen LogP contribution is 2.32. The molecule has 1 aliphatic carbocycles. The van der Waals surface area contributed by atoms with Crippen LogP contribution in [0, 0.1) is 6.92 Å². The van der Waals surface area contributed by atoms with Gasteiger partial charge in [-0.15, -0.1) is 0 Å². The van der Waals surface area contributed by atoms with E-state index in [-0.39, 0.29) is 5.91 Å². The molecule has 29 heavy (non-hydrogen) atoms. The van der Waals surface area contributed by atoms with Gasteiger partial charge in [0.15, 0.2) is 0 Å². The number of benzene rings is 1. The maximum Gasteiger partial charge on any atom is 0.255 e. The minimum Gasteiger partial charge on any atom is -0.353 e. The predicted octanol–water partition coefficient (Wildman–Crippen LogP) is 3.44. The van der Waals surface area contributed by atoms with Gasteiger partial charge in [-0.05, 0) is 49.9 Å². The highest BCUT2D eigenvalue weighted by atomic mass is 35.5. The van der Waals surface area contributed by atoms with Crippen LogP contribution in [0.4, 0.5) is 5.82 Å². The Kier molecular flexibility index (Phi) is 4.59. The molecule has 0 bridgehead atoms. The summed E-state index contributed by atoms with van der Waals surface area (Å²) in [5, 5.41) is 1.51. The van der Waals surface area contributed by atoms with Crippen molar-refractivity contribution in [2.45, 2.75) is 26.2 Å². The number of anilines is 1. The molecule has 2 aliphatic rings. The first kappa shape index (κ1) is 18.3. The number of hydrogen-bond donors (Lipinski definition) is 0. The molecule has 1 saturated heterocycles. The molecule has 0 spiro atoms. The second kappa shape index (κ2) is 7.26. The SMILES string of the molecule is Cc1cc(N2CCN(C(=O)c3c4c(nc5ccc(Cl)cc35)CCC4)CC2)ncn1. The number of halogens is 1. The van der Waals surface area contributed by atoms with Crippen LogP contribution in [0.25, 0.3) is 10.9 Å². The monoisotopic (exact) mass is 407 g/mol. The van der Waals surface area contributed by atoms with Crippen molar-refractivity contribution >= 4 is 34.2 Å². The van der Waals surface area contributed by atoms with Gasteiger partial charge in [-0.25, -0.2) is 9.97 Å². The molecule has 0 N–H and O–H groups in total. The molecule has 1 amide bonds. The molecule has 7 heteroatoms. The summed E-state index contributed by atoms with van der Waals surface area (Å²) in [6.07, 6.45) is 4.49. The first-order valence-electron chi connectivity index (χ1n) is 10.0. The Balaban J connectivity index is 1.45. The van der Waals surface area contributed by atoms with Crippen LogP contribution in [0.5, 0.6) is 0 Å². The first-order chi connectivity index (χ1) is 14.1. The maximum absolute atomic E-state index is 13.6. The van der Waals surface area contributed by atoms with E-state index in [1.165, 1.54) is 0 Å². The Hall–Kier alpha value is -2.73. The lowest BCUT2D eigenvalue weighted by Crippen LogP contribution is -2.49. The Bertz CT molecular complexity index is 1110. The minimum absolute atomic E-state index is 0.0938. The minimum atomic E-state index is 0.0938. The van der Waals surface area contributed by atoms with Gasteiger partial charge in [0.05, 0.1) is 11.1 Å². The summed E-state index contributed by atoms with van der Waals surface area (Å²) in [5.41, 5.74) is 4.78. The van der Waals surface area contributed by atoms with Gasteiger partial charge in [-0.2, -0.15) is 0 Å². The molecule has 148 valence electrons. The molecule has 2 aromatic heterocycles. The number of carbonyl (C=O) groups excluding carboxylic acids is 1. The summed E-state index contributed by atoms with van der Waals surface area (Å²) in [4.78, 5) is 31.1. The number of pyridine rings is 1. The first-order valence-corrected chi connectivity index (χ1v) is 10.4. The van der Waals surface area contributed by atoms with E-state index in [4.69, 9.17) is 16.6 Å². The van der Waals surface area contributed by atoms with Gasteiger partial charge in [-0.1, -0.05) is 11.6 Å². The van der Waals surface area contributed by atoms with Gasteiger partial charge < -0.3 is 9.80 Å². The molecule has 0 radical (unpaired) electrons. The van der Waals surface area contributed by atoms with E-state index < -0.39 is 0 Å². The number of piperazine rings is 1. The fourth-order valence-electron chi connectivity index (χ4n) is 4.39. The molecule has 1 fully saturated rings. The number of nitrogens with zero attached hydrogens (tertiary/aromatic N) is 5. The lowest BCUT2D eigenvalue weighted by Gasteiger charge is -2.36. The number of carbonyl (C=O) groups is 1. The highest BCUT2D eigenvalue weighted by molar-refractivity contribution is 6.31. The predicted molar refractivity (Wildman–Crippen MR) is 114 cm³/mol. The summed E-state index contributed by atoms with van der Waals surface area (Å²) in [6.45, 7) is 4.82. The third-order valence-electron chi connectivity index (χ3n) is 5.87. The Morgan fingerprint density at radius 3 is 2.69 bits per heavy atom. The van der Waals surface area contributed by atoms with Crippen molar-refractivity contribution < 1.29 is 4.79 Å². The third-order valence-corrected chi connectivity index (χ3v) is 6.10. The Morgan fingerprint density at radius 2 is 1.90 bits per heavy atom. The van der Waals surface area contributed by atoms with Crippen LogP contribution < -0.4 is 4.90 Å². The number of fused-ring (bicyclic) bond motifs is 2. The fourth-order valence-corrected chi connectivity index (χ4v) is 4.56. The fraction of sp³-hybridized carbons (Fsp3) is 0.364. The number of amides is 1. The van der Waals surface area contributed by atoms with E-state index in [1.54, 1.807) is 6.33 Å². The molecule has 1 aliphatic heterocycles. The molecule has 3 heterocycles. The molecule has 1 aromatic carbocycles. The van der Waals surface area contributed by atoms with Gasteiger partial charge in [-0.3, -0.25) is 9.78 Å². The standard InChI is InChI=1S/C22H22ClN5O/c1-14-11-20(25-13-24-14)27-7-9-28(10-8-27)22(29)21-16-3-2-4-18(16)26-19-6-5-15(23)12-17(19)21/h5-6,11-13H,2-4,7-10H2,1H3. The van der Waals surface area contributed by atoms with Crippen molar-refractivity contribution in [2.24, 2.45) is 0 Å². The van der Waals surface area contributed by atoms with Crippen LogP contribution in [0.1, 0.15) is 33.7 Å². The lowest BCUT2D eigenvalue weighted by atomic mass is 9.99. The Morgan fingerprint density at radius 1 is 1.07 bits per heavy atom. The zero-order valence-corrected chi connectivity index (χ0v) is 17.1. The normalized spacial score (nSPS) is 16.3. The third kappa shape index (κ3) is 3.31. The average molecular weight is 408 g/mol. The largest absolute Gasteiger partial charge is 0.353 e. The highest BCUT2D eigenvalue weighted by Gasteiger charge is 2.29. The van der Waals surface area contributed by atoms with Gasteiger partial charge in [0, 0.05) is 54.0 Å². The second-order valence-electron chi connectivity index (χ2n) is 7.72. The molecule has 3 aromatic rings. The van der Waals surface area contributed by atoms with Crippen LogP contribution >= 0.6 is 11.6 Å². The molecule has 0 atom stereocenters. The zero-order valence-electron chi connectivity index (χ0n) is 16.4. The van der Waals surface area contributed by atoms with E-state index in [2.05, 4.69) is 14.9 Å². The van der Waals surface area contributed by atoms with E-state index in [1.807, 2.05) is 36.1 Å². The van der Waals surface area contributed by atoms with E-state index in [0.29, 0.717) is 18.1 Å². The van der Waals surface area contributed by atoms with E-state index in [9.17, 15) is 4.79 Å². The van der Waals surface area contributed by atoms with Crippen LogP contribution in [-0.2, 0) is 12.8 Å². The van der Waals surface area contributed by atoms with Crippen molar-refractivity contribution in [3.63, 3.8) is 0 Å². The van der Waals surface area contributed by atoms with Gasteiger partial charge in [0.2, 0.25) is 0 Å². The van der Waals surface area contributed by atoms with Crippen molar-refractivity contribution in [3.05, 3.63) is 58.1 Å². The van der Waals surface area contributed by atoms with Crippen molar-refractivity contribution in [2.75, 3.05) is 31.1 Å². The smallest absolute Gasteiger partial charge is 0.255 e. The maximum atomic E-state index is 13.6. The van der Waals surface area contributed by atoms with Gasteiger partial charge in [0.1, 0.15) is 12.1 Å². The summed E-state index contributed by atoms with van der Waals surface area (Å²) in [5.74, 6) is 1.02. The molecular formula is C22H22ClN5O. The van der Waals surface area contributed by atoms with Crippen molar-refractivity contribution in [3.8, 4) is 0 Å². The van der Waals surface area contributed by atoms with E-state index in [0.717, 1.165) is 71.6 Å². The average Bonchev–Trinajstić information content (AvgIpc) is 3.20. The van der Waals surface area contributed by atoms with Gasteiger partial charge in [0.25, 0.3) is 5.91 Å². The lowest BCUT2D eigenvalue weighted by molar-refractivity contribution is 0.0747. The van der Waals surface area contributed by atoms with Crippen LogP contribution in [-0.4, -0.2) is 51.9 Å². The zero-order chi connectivity index (χ0) is 20.0. The second-order valence-corrected chi connectivity index (χ2v) is 8.16. The van der Waals surface area contributed by atoms with Crippen LogP contribution in [0.3, 0.4) is 0 Å². The number of rotatable bonds is 2. The summed E-state index contributed by atoms with van der Waals surface area (Å²) >= 11 is 6.26. The molecule has 0 saturated carbocycles. The van der Waals surface area contributed by atoms with Gasteiger partial charge >= 0.3 is 0 Å². The number of hydrogen-bond acceptors (Lipinski definition) is 5. The summed E-state index contributed by atoms with van der Waals surface area (Å²) in [6, 6.07) is 7.63. The number of aromatic nitrogens is 3. The molecular weight excluding hydrogens is 386 g/mol. The number of aryl methyl sites for hydroxylation is 2. The van der Waals surface area contributed by atoms with Crippen LogP contribution in [0.2, 0.25) is 5.02 Å². The quantitative estimate of drug-likeness (QED) is 0.651. The topological polar surface area (TPSA) is 62.2 Å². The van der Waals surface area contributed by atoms with Crippen LogP contribution in [0.15, 0.2) is 30.6 Å². The van der Waals surface area contributed by atoms with Crippen molar-refractivity contribution in [1.29, 1.82) is 0 Å². The Labute approximate surface area is 174 Å². The van der Waals surface area contributed by atoms with Crippen molar-refractivity contribution in [1.82, 2.24) is 19.9 Å². The van der Waals surface area contributed by atoms with E-state index >= 15 is 0 Å².